The van der Waals surface area contributed by atoms with E-state index in [0.29, 0.717) is 6.42 Å². The highest BCUT2D eigenvalue weighted by molar-refractivity contribution is 5.79. The second-order valence-electron chi connectivity index (χ2n) is 5.69. The average molecular weight is 285 g/mol. The smallest absolute Gasteiger partial charge is 0.224 e. The van der Waals surface area contributed by atoms with Crippen molar-refractivity contribution >= 4 is 5.91 Å². The van der Waals surface area contributed by atoms with Crippen LogP contribution in [-0.2, 0) is 4.79 Å². The lowest BCUT2D eigenvalue weighted by molar-refractivity contribution is -0.127. The molecule has 0 aromatic heterocycles. The van der Waals surface area contributed by atoms with Crippen molar-refractivity contribution in [1.82, 2.24) is 10.2 Å². The first-order valence-corrected chi connectivity index (χ1v) is 7.65. The molecule has 21 heavy (non-hydrogen) atoms. The van der Waals surface area contributed by atoms with Gasteiger partial charge in [0.1, 0.15) is 0 Å². The molecule has 1 fully saturated rings. The van der Waals surface area contributed by atoms with Crippen LogP contribution < -0.4 is 5.32 Å². The van der Waals surface area contributed by atoms with Crippen LogP contribution in [0.3, 0.4) is 0 Å². The van der Waals surface area contributed by atoms with Gasteiger partial charge in [0, 0.05) is 19.5 Å². The van der Waals surface area contributed by atoms with Crippen molar-refractivity contribution in [3.8, 4) is 6.07 Å². The Morgan fingerprint density at radius 1 is 1.48 bits per heavy atom. The number of nitriles is 1. The van der Waals surface area contributed by atoms with E-state index in [4.69, 9.17) is 5.26 Å². The molecule has 0 spiro atoms. The molecule has 1 aliphatic heterocycles. The number of hydrogen-bond donors (Lipinski definition) is 1. The molecular weight excluding hydrogens is 262 g/mol. The minimum absolute atomic E-state index is 0.0354. The van der Waals surface area contributed by atoms with Gasteiger partial charge < -0.3 is 10.2 Å². The molecule has 2 unspecified atom stereocenters. The lowest BCUT2D eigenvalue weighted by atomic mass is 9.96. The predicted octanol–water partition coefficient (Wildman–Crippen LogP) is 2.49. The second kappa shape index (κ2) is 7.80. The molecule has 1 N–H and O–H groups in total. The molecule has 4 nitrogen and oxygen atoms in total. The molecule has 0 bridgehead atoms. The zero-order chi connectivity index (χ0) is 15.1. The molecule has 2 rings (SSSR count). The molecule has 1 saturated heterocycles. The largest absolute Gasteiger partial charge is 0.349 e. The molecule has 1 heterocycles. The van der Waals surface area contributed by atoms with Crippen LogP contribution in [0.2, 0.25) is 0 Å². The van der Waals surface area contributed by atoms with Gasteiger partial charge in [-0.05, 0) is 31.9 Å². The summed E-state index contributed by atoms with van der Waals surface area (Å²) in [6.07, 6.45) is 2.51. The number of benzene rings is 1. The molecule has 1 aromatic carbocycles. The van der Waals surface area contributed by atoms with Gasteiger partial charge in [-0.3, -0.25) is 4.79 Å². The maximum absolute atomic E-state index is 12.4. The molecule has 0 aliphatic carbocycles. The van der Waals surface area contributed by atoms with E-state index in [-0.39, 0.29) is 17.9 Å². The van der Waals surface area contributed by atoms with Crippen molar-refractivity contribution in [2.24, 2.45) is 5.92 Å². The van der Waals surface area contributed by atoms with Crippen molar-refractivity contribution in [3.63, 3.8) is 0 Å². The van der Waals surface area contributed by atoms with E-state index in [9.17, 15) is 4.79 Å². The number of carbonyl (C=O) groups is 1. The zero-order valence-corrected chi connectivity index (χ0v) is 12.6. The highest BCUT2D eigenvalue weighted by Crippen LogP contribution is 2.19. The second-order valence-corrected chi connectivity index (χ2v) is 5.69. The summed E-state index contributed by atoms with van der Waals surface area (Å²) in [7, 11) is 0. The molecule has 112 valence electrons. The zero-order valence-electron chi connectivity index (χ0n) is 12.6. The van der Waals surface area contributed by atoms with Gasteiger partial charge >= 0.3 is 0 Å². The lowest BCUT2D eigenvalue weighted by Gasteiger charge is -2.32. The number of piperidine rings is 1. The molecule has 1 aliphatic rings. The van der Waals surface area contributed by atoms with Crippen LogP contribution in [0, 0.1) is 17.2 Å². The molecule has 2 atom stereocenters. The van der Waals surface area contributed by atoms with E-state index in [0.717, 1.165) is 38.0 Å². The third kappa shape index (κ3) is 4.57. The normalized spacial score (nSPS) is 20.5. The maximum Gasteiger partial charge on any atom is 0.224 e. The van der Waals surface area contributed by atoms with Crippen molar-refractivity contribution in [3.05, 3.63) is 35.9 Å². The summed E-state index contributed by atoms with van der Waals surface area (Å²) < 4.78 is 0. The van der Waals surface area contributed by atoms with Crippen LogP contribution in [0.5, 0.6) is 0 Å². The van der Waals surface area contributed by atoms with Gasteiger partial charge in [0.2, 0.25) is 5.91 Å². The molecule has 0 radical (unpaired) electrons. The molecular formula is C17H23N3O. The summed E-state index contributed by atoms with van der Waals surface area (Å²) in [5.74, 6) is 0.177. The first-order valence-electron chi connectivity index (χ1n) is 7.65. The van der Waals surface area contributed by atoms with Crippen molar-refractivity contribution < 1.29 is 4.79 Å². The number of nitrogens with zero attached hydrogens (tertiary/aromatic N) is 2. The van der Waals surface area contributed by atoms with Gasteiger partial charge in [-0.15, -0.1) is 0 Å². The molecule has 1 aromatic rings. The first kappa shape index (κ1) is 15.5. The average Bonchev–Trinajstić information content (AvgIpc) is 2.54. The van der Waals surface area contributed by atoms with Crippen LogP contribution in [-0.4, -0.2) is 30.4 Å². The first-order chi connectivity index (χ1) is 10.2. The topological polar surface area (TPSA) is 56.1 Å². The Kier molecular flexibility index (Phi) is 5.77. The van der Waals surface area contributed by atoms with Crippen LogP contribution in [0.25, 0.3) is 0 Å². The highest BCUT2D eigenvalue weighted by Gasteiger charge is 2.26. The predicted molar refractivity (Wildman–Crippen MR) is 82.4 cm³/mol. The minimum atomic E-state index is 0.0354. The number of amides is 1. The minimum Gasteiger partial charge on any atom is -0.349 e. The number of nitrogens with one attached hydrogen (secondary N) is 1. The van der Waals surface area contributed by atoms with Gasteiger partial charge in [0.05, 0.1) is 18.0 Å². The van der Waals surface area contributed by atoms with Crippen LogP contribution in [0.15, 0.2) is 30.3 Å². The van der Waals surface area contributed by atoms with Crippen LogP contribution in [0.4, 0.5) is 0 Å². The number of carbonyl (C=O) groups excluding carboxylic acids is 1. The van der Waals surface area contributed by atoms with E-state index < -0.39 is 0 Å². The quantitative estimate of drug-likeness (QED) is 0.904. The summed E-state index contributed by atoms with van der Waals surface area (Å²) in [6, 6.07) is 12.2. The van der Waals surface area contributed by atoms with Crippen LogP contribution >= 0.6 is 0 Å². The fourth-order valence-electron chi connectivity index (χ4n) is 2.84. The Morgan fingerprint density at radius 3 is 2.95 bits per heavy atom. The van der Waals surface area contributed by atoms with E-state index in [2.05, 4.69) is 16.3 Å². The van der Waals surface area contributed by atoms with E-state index in [1.807, 2.05) is 37.3 Å². The summed E-state index contributed by atoms with van der Waals surface area (Å²) in [5, 5.41) is 11.8. The van der Waals surface area contributed by atoms with Gasteiger partial charge in [-0.2, -0.15) is 5.26 Å². The van der Waals surface area contributed by atoms with Gasteiger partial charge in [-0.1, -0.05) is 30.3 Å². The number of hydrogen-bond acceptors (Lipinski definition) is 3. The summed E-state index contributed by atoms with van der Waals surface area (Å²) in [6.45, 7) is 4.56. The molecule has 1 amide bonds. The number of rotatable bonds is 5. The molecule has 0 saturated carbocycles. The monoisotopic (exact) mass is 285 g/mol. The van der Waals surface area contributed by atoms with E-state index >= 15 is 0 Å². The Labute approximate surface area is 126 Å². The highest BCUT2D eigenvalue weighted by atomic mass is 16.2. The van der Waals surface area contributed by atoms with Gasteiger partial charge in [0.25, 0.3) is 0 Å². The van der Waals surface area contributed by atoms with E-state index in [1.165, 1.54) is 0 Å². The van der Waals surface area contributed by atoms with E-state index in [1.54, 1.807) is 0 Å². The SMILES string of the molecule is CC(NC(=O)C1CCCN(CCC#N)C1)c1ccccc1. The standard InChI is InChI=1S/C17H23N3O/c1-14(15-7-3-2-4-8-15)19-17(21)16-9-5-11-20(13-16)12-6-10-18/h2-4,7-8,14,16H,5-6,9,11-13H2,1H3,(H,19,21). The van der Waals surface area contributed by atoms with Crippen molar-refractivity contribution in [2.45, 2.75) is 32.2 Å². The summed E-state index contributed by atoms with van der Waals surface area (Å²) in [5.41, 5.74) is 1.13. The summed E-state index contributed by atoms with van der Waals surface area (Å²) >= 11 is 0. The number of likely N-dealkylation sites (tertiary alicyclic amines) is 1. The van der Waals surface area contributed by atoms with Gasteiger partial charge in [0.15, 0.2) is 0 Å². The van der Waals surface area contributed by atoms with Crippen LogP contribution in [0.1, 0.15) is 37.8 Å². The Hall–Kier alpha value is -1.86. The Bertz CT molecular complexity index is 495. The molecule has 4 heteroatoms. The van der Waals surface area contributed by atoms with Crippen molar-refractivity contribution in [2.75, 3.05) is 19.6 Å². The van der Waals surface area contributed by atoms with Gasteiger partial charge in [-0.25, -0.2) is 0 Å². The fourth-order valence-corrected chi connectivity index (χ4v) is 2.84. The summed E-state index contributed by atoms with van der Waals surface area (Å²) in [4.78, 5) is 14.6. The maximum atomic E-state index is 12.4. The van der Waals surface area contributed by atoms with Crippen molar-refractivity contribution in [1.29, 1.82) is 5.26 Å². The lowest BCUT2D eigenvalue weighted by Crippen LogP contribution is -2.43. The third-order valence-electron chi connectivity index (χ3n) is 4.07. The fraction of sp³-hybridized carbons (Fsp3) is 0.529. The third-order valence-corrected chi connectivity index (χ3v) is 4.07. The Morgan fingerprint density at radius 2 is 2.24 bits per heavy atom. The Balaban J connectivity index is 1.86.